The first kappa shape index (κ1) is 18.8. The molecule has 1 fully saturated rings. The van der Waals surface area contributed by atoms with Crippen LogP contribution in [0.3, 0.4) is 0 Å². The van der Waals surface area contributed by atoms with Crippen molar-refractivity contribution >= 4 is 32.2 Å². The van der Waals surface area contributed by atoms with Gasteiger partial charge in [-0.2, -0.15) is 0 Å². The fourth-order valence-electron chi connectivity index (χ4n) is 2.78. The summed E-state index contributed by atoms with van der Waals surface area (Å²) in [6.45, 7) is 2.09. The Bertz CT molecular complexity index is 881. The molecular formula is C17H20FN3O3S2. The number of nitrogens with zero attached hydrogens (tertiary/aromatic N) is 1. The van der Waals surface area contributed by atoms with Gasteiger partial charge < -0.3 is 10.6 Å². The van der Waals surface area contributed by atoms with Gasteiger partial charge in [0.1, 0.15) is 11.9 Å². The third-order valence-corrected chi connectivity index (χ3v) is 6.88. The highest BCUT2D eigenvalue weighted by Crippen LogP contribution is 2.25. The van der Waals surface area contributed by atoms with E-state index in [0.717, 1.165) is 5.56 Å². The number of nitrogens with one attached hydrogen (secondary N) is 2. The highest BCUT2D eigenvalue weighted by atomic mass is 32.2. The maximum absolute atomic E-state index is 13.0. The van der Waals surface area contributed by atoms with Crippen LogP contribution in [0.1, 0.15) is 13.3 Å². The van der Waals surface area contributed by atoms with Crippen molar-refractivity contribution in [2.24, 2.45) is 5.92 Å². The molecule has 1 aromatic carbocycles. The van der Waals surface area contributed by atoms with Gasteiger partial charge in [-0.05, 0) is 43.5 Å². The van der Waals surface area contributed by atoms with Crippen LogP contribution in [-0.2, 0) is 14.6 Å². The van der Waals surface area contributed by atoms with Crippen molar-refractivity contribution in [3.05, 3.63) is 35.5 Å². The van der Waals surface area contributed by atoms with Crippen molar-refractivity contribution in [1.82, 2.24) is 10.3 Å². The Morgan fingerprint density at radius 1 is 1.38 bits per heavy atom. The minimum atomic E-state index is -2.94. The number of hydrogen-bond acceptors (Lipinski definition) is 6. The summed E-state index contributed by atoms with van der Waals surface area (Å²) in [6, 6.07) is 5.56. The lowest BCUT2D eigenvalue weighted by Gasteiger charge is -2.15. The van der Waals surface area contributed by atoms with Crippen LogP contribution in [0.4, 0.5) is 9.52 Å². The second-order valence-corrected chi connectivity index (χ2v) is 9.51. The lowest BCUT2D eigenvalue weighted by atomic mass is 10.1. The van der Waals surface area contributed by atoms with Gasteiger partial charge in [0.15, 0.2) is 15.0 Å². The molecule has 1 aliphatic heterocycles. The van der Waals surface area contributed by atoms with E-state index >= 15 is 0 Å². The molecule has 2 atom stereocenters. The minimum Gasteiger partial charge on any atom is -0.354 e. The molecule has 0 aliphatic carbocycles. The van der Waals surface area contributed by atoms with E-state index in [1.54, 1.807) is 19.1 Å². The van der Waals surface area contributed by atoms with Gasteiger partial charge in [-0.1, -0.05) is 0 Å². The zero-order valence-electron chi connectivity index (χ0n) is 14.2. The van der Waals surface area contributed by atoms with Crippen LogP contribution >= 0.6 is 11.3 Å². The highest BCUT2D eigenvalue weighted by molar-refractivity contribution is 7.91. The number of rotatable bonds is 6. The minimum absolute atomic E-state index is 0.0129. The van der Waals surface area contributed by atoms with Gasteiger partial charge in [-0.3, -0.25) is 4.79 Å². The predicted molar refractivity (Wildman–Crippen MR) is 100 cm³/mol. The van der Waals surface area contributed by atoms with Gasteiger partial charge in [0, 0.05) is 17.5 Å². The molecule has 26 heavy (non-hydrogen) atoms. The van der Waals surface area contributed by atoms with E-state index in [9.17, 15) is 17.6 Å². The number of hydrogen-bond donors (Lipinski definition) is 2. The zero-order chi connectivity index (χ0) is 18.7. The second kappa shape index (κ2) is 7.71. The van der Waals surface area contributed by atoms with Gasteiger partial charge in [0.2, 0.25) is 5.91 Å². The largest absolute Gasteiger partial charge is 0.354 e. The Morgan fingerprint density at radius 2 is 2.12 bits per heavy atom. The topological polar surface area (TPSA) is 88.2 Å². The molecule has 6 nitrogen and oxygen atoms in total. The van der Waals surface area contributed by atoms with E-state index in [1.165, 1.54) is 23.5 Å². The fraction of sp³-hybridized carbons (Fsp3) is 0.412. The van der Waals surface area contributed by atoms with E-state index in [-0.39, 0.29) is 29.1 Å². The molecule has 140 valence electrons. The van der Waals surface area contributed by atoms with Crippen molar-refractivity contribution in [3.63, 3.8) is 0 Å². The average molecular weight is 397 g/mol. The number of thiazole rings is 1. The maximum atomic E-state index is 13.0. The van der Waals surface area contributed by atoms with Crippen LogP contribution in [0.2, 0.25) is 0 Å². The Labute approximate surface area is 155 Å². The first-order valence-electron chi connectivity index (χ1n) is 8.28. The lowest BCUT2D eigenvalue weighted by Crippen LogP contribution is -2.40. The summed E-state index contributed by atoms with van der Waals surface area (Å²) in [7, 11) is -2.94. The number of aromatic nitrogens is 1. The number of anilines is 1. The second-order valence-electron chi connectivity index (χ2n) is 6.43. The molecule has 1 aromatic heterocycles. The molecule has 9 heteroatoms. The molecule has 1 aliphatic rings. The van der Waals surface area contributed by atoms with E-state index in [4.69, 9.17) is 0 Å². The summed E-state index contributed by atoms with van der Waals surface area (Å²) in [4.78, 5) is 16.6. The van der Waals surface area contributed by atoms with Gasteiger partial charge in [0.05, 0.1) is 17.2 Å². The van der Waals surface area contributed by atoms with Gasteiger partial charge in [-0.25, -0.2) is 17.8 Å². The molecule has 3 rings (SSSR count). The van der Waals surface area contributed by atoms with Crippen LogP contribution < -0.4 is 10.6 Å². The summed E-state index contributed by atoms with van der Waals surface area (Å²) in [5.74, 6) is -0.175. The monoisotopic (exact) mass is 397 g/mol. The molecule has 2 aromatic rings. The third-order valence-electron chi connectivity index (χ3n) is 4.27. The van der Waals surface area contributed by atoms with Crippen molar-refractivity contribution < 1.29 is 17.6 Å². The van der Waals surface area contributed by atoms with Gasteiger partial charge in [0.25, 0.3) is 0 Å². The number of carbonyl (C=O) groups is 1. The predicted octanol–water partition coefficient (Wildman–Crippen LogP) is 2.30. The quantitative estimate of drug-likeness (QED) is 0.781. The molecule has 0 bridgehead atoms. The zero-order valence-corrected chi connectivity index (χ0v) is 15.9. The average Bonchev–Trinajstić information content (AvgIpc) is 3.19. The molecule has 2 heterocycles. The molecule has 2 unspecified atom stereocenters. The summed E-state index contributed by atoms with van der Waals surface area (Å²) in [5.41, 5.74) is 1.51. The van der Waals surface area contributed by atoms with Gasteiger partial charge >= 0.3 is 0 Å². The van der Waals surface area contributed by atoms with Crippen LogP contribution in [-0.4, -0.2) is 43.4 Å². The summed E-state index contributed by atoms with van der Waals surface area (Å²) < 4.78 is 35.9. The molecule has 0 radical (unpaired) electrons. The van der Waals surface area contributed by atoms with E-state index < -0.39 is 15.9 Å². The van der Waals surface area contributed by atoms with E-state index in [0.29, 0.717) is 23.8 Å². The van der Waals surface area contributed by atoms with Crippen molar-refractivity contribution in [2.45, 2.75) is 19.4 Å². The first-order chi connectivity index (χ1) is 12.3. The Balaban J connectivity index is 1.52. The Morgan fingerprint density at radius 3 is 2.77 bits per heavy atom. The van der Waals surface area contributed by atoms with Crippen LogP contribution in [0.5, 0.6) is 0 Å². The molecule has 1 saturated heterocycles. The van der Waals surface area contributed by atoms with E-state index in [2.05, 4.69) is 15.6 Å². The standard InChI is InChI=1S/C17H20FN3O3S2/c1-11(16(22)19-8-12-6-7-26(23,24)10-12)20-17-21-15(9-25-17)13-2-4-14(18)5-3-13/h2-5,9,11-12H,6-8,10H2,1H3,(H,19,22)(H,20,21). The molecule has 2 N–H and O–H groups in total. The Kier molecular flexibility index (Phi) is 5.57. The number of carbonyl (C=O) groups excluding carboxylic acids is 1. The maximum Gasteiger partial charge on any atom is 0.242 e. The molecule has 1 amide bonds. The van der Waals surface area contributed by atoms with Crippen molar-refractivity contribution in [2.75, 3.05) is 23.4 Å². The van der Waals surface area contributed by atoms with Crippen LogP contribution in [0.25, 0.3) is 11.3 Å². The fourth-order valence-corrected chi connectivity index (χ4v) is 5.44. The lowest BCUT2D eigenvalue weighted by molar-refractivity contribution is -0.121. The van der Waals surface area contributed by atoms with Crippen molar-refractivity contribution in [3.8, 4) is 11.3 Å². The SMILES string of the molecule is CC(Nc1nc(-c2ccc(F)cc2)cs1)C(=O)NCC1CCS(=O)(=O)C1. The Hall–Kier alpha value is -2.00. The molecule has 0 spiro atoms. The van der Waals surface area contributed by atoms with Gasteiger partial charge in [-0.15, -0.1) is 11.3 Å². The summed E-state index contributed by atoms with van der Waals surface area (Å²) in [6.07, 6.45) is 0.595. The van der Waals surface area contributed by atoms with Crippen LogP contribution in [0.15, 0.2) is 29.6 Å². The summed E-state index contributed by atoms with van der Waals surface area (Å²) >= 11 is 1.36. The van der Waals surface area contributed by atoms with Crippen LogP contribution in [0, 0.1) is 11.7 Å². The molecular weight excluding hydrogens is 377 g/mol. The number of halogens is 1. The third kappa shape index (κ3) is 4.79. The smallest absolute Gasteiger partial charge is 0.242 e. The highest BCUT2D eigenvalue weighted by Gasteiger charge is 2.28. The number of benzene rings is 1. The molecule has 0 saturated carbocycles. The summed E-state index contributed by atoms with van der Waals surface area (Å²) in [5, 5.41) is 8.26. The number of sulfone groups is 1. The van der Waals surface area contributed by atoms with E-state index in [1.807, 2.05) is 5.38 Å². The number of amides is 1. The van der Waals surface area contributed by atoms with Crippen molar-refractivity contribution in [1.29, 1.82) is 0 Å². The normalized spacial score (nSPS) is 19.8. The first-order valence-corrected chi connectivity index (χ1v) is 11.0.